The first-order valence-corrected chi connectivity index (χ1v) is 10.8. The van der Waals surface area contributed by atoms with Crippen molar-refractivity contribution in [3.63, 3.8) is 0 Å². The van der Waals surface area contributed by atoms with Gasteiger partial charge in [-0.2, -0.15) is 4.98 Å². The molecule has 0 fully saturated rings. The Hall–Kier alpha value is -4.11. The van der Waals surface area contributed by atoms with Crippen molar-refractivity contribution in [3.05, 3.63) is 77.5 Å². The number of methoxy groups -OCH3 is 1. The van der Waals surface area contributed by atoms with E-state index < -0.39 is 0 Å². The van der Waals surface area contributed by atoms with Gasteiger partial charge in [0.1, 0.15) is 5.75 Å². The molecule has 0 atom stereocenters. The van der Waals surface area contributed by atoms with Gasteiger partial charge in [0.05, 0.1) is 30.4 Å². The maximum atomic E-state index is 12.6. The lowest BCUT2D eigenvalue weighted by Gasteiger charge is -2.12. The van der Waals surface area contributed by atoms with Crippen LogP contribution in [0.15, 0.2) is 61.2 Å². The second-order valence-corrected chi connectivity index (χ2v) is 7.72. The lowest BCUT2D eigenvalue weighted by molar-refractivity contribution is 0.0921. The van der Waals surface area contributed by atoms with Crippen molar-refractivity contribution in [3.8, 4) is 17.2 Å². The molecule has 34 heavy (non-hydrogen) atoms. The molecule has 0 aliphatic carbocycles. The number of hydrogen-bond acceptors (Lipinski definition) is 8. The molecule has 2 heterocycles. The largest absolute Gasteiger partial charge is 0.497 e. The van der Waals surface area contributed by atoms with Crippen LogP contribution in [-0.4, -0.2) is 46.1 Å². The first-order valence-electron chi connectivity index (χ1n) is 10.4. The van der Waals surface area contributed by atoms with Crippen molar-refractivity contribution in [2.45, 2.75) is 6.92 Å². The highest BCUT2D eigenvalue weighted by molar-refractivity contribution is 6.34. The first-order chi connectivity index (χ1) is 16.5. The van der Waals surface area contributed by atoms with Gasteiger partial charge in [0.2, 0.25) is 11.7 Å². The van der Waals surface area contributed by atoms with E-state index in [1.165, 1.54) is 13.3 Å². The summed E-state index contributed by atoms with van der Waals surface area (Å²) < 4.78 is 12.8. The summed E-state index contributed by atoms with van der Waals surface area (Å²) in [5.41, 5.74) is 3.08. The number of carbonyl (C=O) groups is 1. The van der Waals surface area contributed by atoms with Crippen LogP contribution in [0, 0.1) is 6.92 Å². The molecular weight excluding hydrogens is 456 g/mol. The molecule has 0 saturated carbocycles. The molecular formula is C24H23ClN6O3. The van der Waals surface area contributed by atoms with E-state index in [9.17, 15) is 4.79 Å². The van der Waals surface area contributed by atoms with Crippen LogP contribution in [0.25, 0.3) is 5.69 Å². The van der Waals surface area contributed by atoms with E-state index in [2.05, 4.69) is 25.6 Å². The highest BCUT2D eigenvalue weighted by atomic mass is 35.5. The zero-order valence-corrected chi connectivity index (χ0v) is 19.6. The van der Waals surface area contributed by atoms with Crippen LogP contribution in [-0.2, 0) is 0 Å². The molecule has 0 bridgehead atoms. The van der Waals surface area contributed by atoms with Gasteiger partial charge in [-0.15, -0.1) is 0 Å². The van der Waals surface area contributed by atoms with E-state index in [1.54, 1.807) is 31.6 Å². The van der Waals surface area contributed by atoms with Gasteiger partial charge in [-0.1, -0.05) is 11.6 Å². The maximum Gasteiger partial charge on any atom is 0.229 e. The molecule has 2 N–H and O–H groups in total. The zero-order valence-electron chi connectivity index (χ0n) is 18.9. The Balaban J connectivity index is 1.43. The second kappa shape index (κ2) is 10.2. The molecule has 4 aromatic rings. The lowest BCUT2D eigenvalue weighted by atomic mass is 10.1. The standard InChI is InChI=1S/C24H23ClN6O3/c1-15-12-31(14-28-15)17-6-4-16(5-7-17)29-24-27-11-22(23(26-2)30-24)34-13-21(32)19-10-18(33-3)8-9-20(19)25/h4-12,14H,13H2,1-3H3,(H2,26,27,29,30). The fraction of sp³-hybridized carbons (Fsp3) is 0.167. The lowest BCUT2D eigenvalue weighted by Crippen LogP contribution is -2.14. The molecule has 0 spiro atoms. The van der Waals surface area contributed by atoms with Crippen molar-refractivity contribution in [2.75, 3.05) is 31.4 Å². The smallest absolute Gasteiger partial charge is 0.229 e. The number of aromatic nitrogens is 4. The van der Waals surface area contributed by atoms with Crippen LogP contribution in [0.1, 0.15) is 16.1 Å². The third kappa shape index (κ3) is 5.26. The Morgan fingerprint density at radius 2 is 1.94 bits per heavy atom. The molecule has 2 aromatic carbocycles. The fourth-order valence-electron chi connectivity index (χ4n) is 3.19. The summed E-state index contributed by atoms with van der Waals surface area (Å²) in [6, 6.07) is 12.7. The molecule has 0 saturated heterocycles. The molecule has 0 amide bonds. The summed E-state index contributed by atoms with van der Waals surface area (Å²) in [6.45, 7) is 1.72. The van der Waals surface area contributed by atoms with E-state index in [1.807, 2.05) is 42.0 Å². The Labute approximate surface area is 201 Å². The number of ether oxygens (including phenoxy) is 2. The van der Waals surface area contributed by atoms with Crippen LogP contribution in [0.3, 0.4) is 0 Å². The minimum absolute atomic E-state index is 0.229. The number of anilines is 3. The predicted molar refractivity (Wildman–Crippen MR) is 131 cm³/mol. The molecule has 0 aliphatic heterocycles. The van der Waals surface area contributed by atoms with E-state index in [0.29, 0.717) is 33.9 Å². The zero-order chi connectivity index (χ0) is 24.1. The van der Waals surface area contributed by atoms with Crippen molar-refractivity contribution < 1.29 is 14.3 Å². The Kier molecular flexibility index (Phi) is 6.93. The first kappa shape index (κ1) is 23.1. The van der Waals surface area contributed by atoms with Gasteiger partial charge in [-0.25, -0.2) is 9.97 Å². The molecule has 0 radical (unpaired) electrons. The number of nitrogens with zero attached hydrogens (tertiary/aromatic N) is 4. The van der Waals surface area contributed by atoms with Gasteiger partial charge in [-0.3, -0.25) is 4.79 Å². The van der Waals surface area contributed by atoms with Crippen molar-refractivity contribution in [2.24, 2.45) is 0 Å². The molecule has 174 valence electrons. The topological polar surface area (TPSA) is 103 Å². The van der Waals surface area contributed by atoms with E-state index in [0.717, 1.165) is 17.1 Å². The summed E-state index contributed by atoms with van der Waals surface area (Å²) >= 11 is 6.15. The van der Waals surface area contributed by atoms with Crippen molar-refractivity contribution in [1.82, 2.24) is 19.5 Å². The number of nitrogens with one attached hydrogen (secondary N) is 2. The molecule has 0 unspecified atom stereocenters. The number of Topliss-reactive ketones (excluding diaryl/α,β-unsaturated/α-hetero) is 1. The number of halogens is 1. The summed E-state index contributed by atoms with van der Waals surface area (Å²) in [6.07, 6.45) is 5.23. The highest BCUT2D eigenvalue weighted by Gasteiger charge is 2.15. The summed E-state index contributed by atoms with van der Waals surface area (Å²) in [5, 5.41) is 6.45. The molecule has 10 heteroatoms. The quantitative estimate of drug-likeness (QED) is 0.334. The highest BCUT2D eigenvalue weighted by Crippen LogP contribution is 2.26. The SMILES string of the molecule is CNc1nc(Nc2ccc(-n3cnc(C)c3)cc2)ncc1OCC(=O)c1cc(OC)ccc1Cl. The average Bonchev–Trinajstić information content (AvgIpc) is 3.30. The summed E-state index contributed by atoms with van der Waals surface area (Å²) in [7, 11) is 3.23. The third-order valence-corrected chi connectivity index (χ3v) is 5.29. The second-order valence-electron chi connectivity index (χ2n) is 7.31. The monoisotopic (exact) mass is 478 g/mol. The number of ketones is 1. The predicted octanol–water partition coefficient (Wildman–Crippen LogP) is 4.68. The van der Waals surface area contributed by atoms with Crippen molar-refractivity contribution in [1.29, 1.82) is 0 Å². The van der Waals surface area contributed by atoms with Gasteiger partial charge in [-0.05, 0) is 49.4 Å². The average molecular weight is 479 g/mol. The number of aryl methyl sites for hydroxylation is 1. The Morgan fingerprint density at radius 3 is 2.62 bits per heavy atom. The summed E-state index contributed by atoms with van der Waals surface area (Å²) in [4.78, 5) is 25.6. The maximum absolute atomic E-state index is 12.6. The minimum Gasteiger partial charge on any atom is -0.497 e. The number of benzene rings is 2. The van der Waals surface area contributed by atoms with Crippen molar-refractivity contribution >= 4 is 34.8 Å². The molecule has 4 rings (SSSR count). The fourth-order valence-corrected chi connectivity index (χ4v) is 3.41. The van der Waals surface area contributed by atoms with Gasteiger partial charge in [0, 0.05) is 30.2 Å². The van der Waals surface area contributed by atoms with Crippen LogP contribution >= 0.6 is 11.6 Å². The van der Waals surface area contributed by atoms with Gasteiger partial charge < -0.3 is 24.7 Å². The van der Waals surface area contributed by atoms with Gasteiger partial charge >= 0.3 is 0 Å². The Morgan fingerprint density at radius 1 is 1.15 bits per heavy atom. The normalized spacial score (nSPS) is 10.6. The van der Waals surface area contributed by atoms with E-state index >= 15 is 0 Å². The number of imidazole rings is 1. The van der Waals surface area contributed by atoms with Crippen LogP contribution in [0.4, 0.5) is 17.5 Å². The summed E-state index contributed by atoms with van der Waals surface area (Å²) in [5.74, 6) is 1.40. The number of carbonyl (C=O) groups excluding carboxylic acids is 1. The van der Waals surface area contributed by atoms with Crippen LogP contribution < -0.4 is 20.1 Å². The molecule has 2 aromatic heterocycles. The number of rotatable bonds is 9. The van der Waals surface area contributed by atoms with Gasteiger partial charge in [0.15, 0.2) is 18.2 Å². The Bertz CT molecular complexity index is 1310. The molecule has 0 aliphatic rings. The molecule has 9 nitrogen and oxygen atoms in total. The minimum atomic E-state index is -0.290. The van der Waals surface area contributed by atoms with E-state index in [4.69, 9.17) is 21.1 Å². The number of hydrogen-bond donors (Lipinski definition) is 2. The van der Waals surface area contributed by atoms with Gasteiger partial charge in [0.25, 0.3) is 0 Å². The van der Waals surface area contributed by atoms with Crippen LogP contribution in [0.2, 0.25) is 5.02 Å². The third-order valence-electron chi connectivity index (χ3n) is 4.96. The van der Waals surface area contributed by atoms with E-state index in [-0.39, 0.29) is 12.4 Å². The van der Waals surface area contributed by atoms with Crippen LogP contribution in [0.5, 0.6) is 11.5 Å².